The molecule has 1 aliphatic heterocycles. The molecule has 0 unspecified atom stereocenters. The number of halogens is 1. The van der Waals surface area contributed by atoms with Crippen molar-refractivity contribution in [3.05, 3.63) is 78.4 Å². The van der Waals surface area contributed by atoms with Gasteiger partial charge in [0.15, 0.2) is 5.82 Å². The van der Waals surface area contributed by atoms with Gasteiger partial charge in [-0.3, -0.25) is 14.9 Å². The summed E-state index contributed by atoms with van der Waals surface area (Å²) in [5.74, 6) is 0.355. The van der Waals surface area contributed by atoms with E-state index in [2.05, 4.69) is 30.3 Å². The Morgan fingerprint density at radius 2 is 1.69 bits per heavy atom. The van der Waals surface area contributed by atoms with Crippen LogP contribution in [0.25, 0.3) is 22.6 Å². The van der Waals surface area contributed by atoms with Crippen LogP contribution in [0.1, 0.15) is 10.5 Å². The predicted molar refractivity (Wildman–Crippen MR) is 117 cm³/mol. The zero-order valence-electron chi connectivity index (χ0n) is 17.1. The van der Waals surface area contributed by atoms with Gasteiger partial charge in [0.2, 0.25) is 0 Å². The van der Waals surface area contributed by atoms with Crippen molar-refractivity contribution in [3.63, 3.8) is 0 Å². The molecule has 5 rings (SSSR count). The fourth-order valence-corrected chi connectivity index (χ4v) is 3.65. The Hall–Kier alpha value is -4.14. The van der Waals surface area contributed by atoms with Crippen LogP contribution >= 0.6 is 0 Å². The molecule has 0 bridgehead atoms. The number of pyridine rings is 1. The SMILES string of the molecule is O=C(c1cc(-c2ccc(F)cc2)n[nH]1)N1CCN(c2ccc(-c3ccccn3)nn2)CC1. The summed E-state index contributed by atoms with van der Waals surface area (Å²) in [6, 6.07) is 17.2. The van der Waals surface area contributed by atoms with E-state index in [-0.39, 0.29) is 11.7 Å². The van der Waals surface area contributed by atoms with Crippen molar-refractivity contribution in [1.29, 1.82) is 0 Å². The molecule has 32 heavy (non-hydrogen) atoms. The van der Waals surface area contributed by atoms with Crippen LogP contribution in [0.15, 0.2) is 66.9 Å². The number of anilines is 1. The molecule has 1 N–H and O–H groups in total. The number of rotatable bonds is 4. The second kappa shape index (κ2) is 8.54. The Labute approximate surface area is 183 Å². The maximum Gasteiger partial charge on any atom is 0.272 e. The number of piperazine rings is 1. The molecule has 1 amide bonds. The van der Waals surface area contributed by atoms with Gasteiger partial charge >= 0.3 is 0 Å². The summed E-state index contributed by atoms with van der Waals surface area (Å²) in [7, 11) is 0. The smallest absolute Gasteiger partial charge is 0.272 e. The van der Waals surface area contributed by atoms with E-state index < -0.39 is 0 Å². The standard InChI is InChI=1S/C23H20FN7O/c24-17-6-4-16(5-7-17)20-15-21(28-27-20)23(32)31-13-11-30(12-14-31)22-9-8-19(26-29-22)18-3-1-2-10-25-18/h1-10,15H,11-14H2,(H,27,28). The van der Waals surface area contributed by atoms with E-state index in [0.29, 0.717) is 37.6 Å². The van der Waals surface area contributed by atoms with Gasteiger partial charge in [0.1, 0.15) is 17.2 Å². The largest absolute Gasteiger partial charge is 0.352 e. The van der Waals surface area contributed by atoms with Crippen LogP contribution in [0.2, 0.25) is 0 Å². The molecule has 1 aliphatic rings. The number of aromatic amines is 1. The first-order chi connectivity index (χ1) is 15.7. The summed E-state index contributed by atoms with van der Waals surface area (Å²) in [6.45, 7) is 2.44. The molecule has 1 fully saturated rings. The number of carbonyl (C=O) groups excluding carboxylic acids is 1. The summed E-state index contributed by atoms with van der Waals surface area (Å²) >= 11 is 0. The van der Waals surface area contributed by atoms with E-state index in [1.54, 1.807) is 29.3 Å². The van der Waals surface area contributed by atoms with E-state index in [1.807, 2.05) is 30.3 Å². The first-order valence-electron chi connectivity index (χ1n) is 10.3. The van der Waals surface area contributed by atoms with Crippen molar-refractivity contribution >= 4 is 11.7 Å². The van der Waals surface area contributed by atoms with Gasteiger partial charge in [-0.15, -0.1) is 10.2 Å². The van der Waals surface area contributed by atoms with Gasteiger partial charge in [0, 0.05) is 37.9 Å². The number of nitrogens with one attached hydrogen (secondary N) is 1. The van der Waals surface area contributed by atoms with Gasteiger partial charge in [-0.1, -0.05) is 6.07 Å². The van der Waals surface area contributed by atoms with Crippen molar-refractivity contribution in [2.45, 2.75) is 0 Å². The van der Waals surface area contributed by atoms with Crippen molar-refractivity contribution in [2.24, 2.45) is 0 Å². The monoisotopic (exact) mass is 429 g/mol. The molecular weight excluding hydrogens is 409 g/mol. The number of aromatic nitrogens is 5. The van der Waals surface area contributed by atoms with E-state index in [9.17, 15) is 9.18 Å². The Morgan fingerprint density at radius 1 is 0.875 bits per heavy atom. The highest BCUT2D eigenvalue weighted by Gasteiger charge is 2.24. The molecule has 0 aliphatic carbocycles. The third-order valence-electron chi connectivity index (χ3n) is 5.42. The van der Waals surface area contributed by atoms with Crippen LogP contribution in [0.4, 0.5) is 10.2 Å². The van der Waals surface area contributed by atoms with E-state index in [4.69, 9.17) is 0 Å². The second-order valence-electron chi connectivity index (χ2n) is 7.44. The average Bonchev–Trinajstić information content (AvgIpc) is 3.35. The first kappa shape index (κ1) is 19.8. The number of H-pyrrole nitrogens is 1. The Kier molecular flexibility index (Phi) is 5.29. The zero-order valence-corrected chi connectivity index (χ0v) is 17.1. The van der Waals surface area contributed by atoms with Crippen molar-refractivity contribution < 1.29 is 9.18 Å². The maximum absolute atomic E-state index is 13.1. The van der Waals surface area contributed by atoms with Crippen molar-refractivity contribution in [2.75, 3.05) is 31.1 Å². The fraction of sp³-hybridized carbons (Fsp3) is 0.174. The lowest BCUT2D eigenvalue weighted by molar-refractivity contribution is 0.0740. The molecule has 0 radical (unpaired) electrons. The predicted octanol–water partition coefficient (Wildman–Crippen LogP) is 3.03. The van der Waals surface area contributed by atoms with E-state index >= 15 is 0 Å². The molecule has 0 saturated carbocycles. The Morgan fingerprint density at radius 3 is 2.38 bits per heavy atom. The third-order valence-corrected chi connectivity index (χ3v) is 5.42. The minimum Gasteiger partial charge on any atom is -0.352 e. The topological polar surface area (TPSA) is 90.9 Å². The molecule has 8 nitrogen and oxygen atoms in total. The van der Waals surface area contributed by atoms with Gasteiger partial charge < -0.3 is 9.80 Å². The number of nitrogens with zero attached hydrogens (tertiary/aromatic N) is 6. The summed E-state index contributed by atoms with van der Waals surface area (Å²) in [4.78, 5) is 21.1. The van der Waals surface area contributed by atoms with Crippen LogP contribution in [-0.4, -0.2) is 62.4 Å². The van der Waals surface area contributed by atoms with Crippen molar-refractivity contribution in [3.8, 4) is 22.6 Å². The quantitative estimate of drug-likeness (QED) is 0.536. The average molecular weight is 429 g/mol. The minimum atomic E-state index is -0.311. The molecule has 1 saturated heterocycles. The molecular formula is C23H20FN7O. The lowest BCUT2D eigenvalue weighted by Gasteiger charge is -2.34. The number of amides is 1. The lowest BCUT2D eigenvalue weighted by Crippen LogP contribution is -2.49. The fourth-order valence-electron chi connectivity index (χ4n) is 3.65. The van der Waals surface area contributed by atoms with Crippen LogP contribution in [0.5, 0.6) is 0 Å². The summed E-state index contributed by atoms with van der Waals surface area (Å²) < 4.78 is 13.1. The highest BCUT2D eigenvalue weighted by atomic mass is 19.1. The Balaban J connectivity index is 1.21. The van der Waals surface area contributed by atoms with Gasteiger partial charge in [0.05, 0.1) is 11.4 Å². The van der Waals surface area contributed by atoms with Gasteiger partial charge in [-0.2, -0.15) is 5.10 Å². The zero-order chi connectivity index (χ0) is 21.9. The maximum atomic E-state index is 13.1. The van der Waals surface area contributed by atoms with Gasteiger partial charge in [-0.05, 0) is 54.6 Å². The first-order valence-corrected chi connectivity index (χ1v) is 10.3. The van der Waals surface area contributed by atoms with E-state index in [1.165, 1.54) is 12.1 Å². The molecule has 4 aromatic rings. The van der Waals surface area contributed by atoms with Crippen LogP contribution in [-0.2, 0) is 0 Å². The number of carbonyl (C=O) groups is 1. The summed E-state index contributed by atoms with van der Waals surface area (Å²) in [5.41, 5.74) is 3.27. The van der Waals surface area contributed by atoms with Crippen molar-refractivity contribution in [1.82, 2.24) is 30.3 Å². The molecule has 4 heterocycles. The molecule has 0 atom stereocenters. The molecule has 1 aromatic carbocycles. The lowest BCUT2D eigenvalue weighted by atomic mass is 10.1. The van der Waals surface area contributed by atoms with Crippen LogP contribution in [0.3, 0.4) is 0 Å². The van der Waals surface area contributed by atoms with Gasteiger partial charge in [0.25, 0.3) is 5.91 Å². The van der Waals surface area contributed by atoms with Crippen LogP contribution in [0, 0.1) is 5.82 Å². The molecule has 0 spiro atoms. The highest BCUT2D eigenvalue weighted by Crippen LogP contribution is 2.20. The normalized spacial score (nSPS) is 13.9. The third kappa shape index (κ3) is 4.04. The minimum absolute atomic E-state index is 0.109. The van der Waals surface area contributed by atoms with Gasteiger partial charge in [-0.25, -0.2) is 4.39 Å². The second-order valence-corrected chi connectivity index (χ2v) is 7.44. The van der Waals surface area contributed by atoms with Crippen LogP contribution < -0.4 is 4.90 Å². The summed E-state index contributed by atoms with van der Waals surface area (Å²) in [6.07, 6.45) is 1.73. The Bertz CT molecular complexity index is 1200. The molecule has 3 aromatic heterocycles. The summed E-state index contributed by atoms with van der Waals surface area (Å²) in [5, 5.41) is 15.6. The number of benzene rings is 1. The molecule has 160 valence electrons. The molecule has 9 heteroatoms. The highest BCUT2D eigenvalue weighted by molar-refractivity contribution is 5.93. The number of hydrogen-bond donors (Lipinski definition) is 1. The number of hydrogen-bond acceptors (Lipinski definition) is 6. The van der Waals surface area contributed by atoms with E-state index in [0.717, 1.165) is 22.8 Å².